The quantitative estimate of drug-likeness (QED) is 0.416. The van der Waals surface area contributed by atoms with Crippen LogP contribution in [0.3, 0.4) is 0 Å². The number of halogens is 5. The smallest absolute Gasteiger partial charge is 0.187 e. The van der Waals surface area contributed by atoms with E-state index < -0.39 is 34.0 Å². The van der Waals surface area contributed by atoms with Gasteiger partial charge in [-0.1, -0.05) is 11.6 Å². The summed E-state index contributed by atoms with van der Waals surface area (Å²) in [6.07, 6.45) is 2.64. The molecule has 0 atom stereocenters. The summed E-state index contributed by atoms with van der Waals surface area (Å²) in [5, 5.41) is -1.19. The fourth-order valence-electron chi connectivity index (χ4n) is 1.46. The summed E-state index contributed by atoms with van der Waals surface area (Å²) < 4.78 is 54.4. The average Bonchev–Trinajstić information content (AvgIpc) is 2.71. The zero-order chi connectivity index (χ0) is 12.7. The molecule has 6 heteroatoms. The number of nitrogens with zero attached hydrogens (tertiary/aromatic N) is 1. The zero-order valence-corrected chi connectivity index (χ0v) is 9.33. The molecule has 0 saturated heterocycles. The van der Waals surface area contributed by atoms with E-state index in [2.05, 4.69) is 0 Å². The number of aryl methyl sites for hydroxylation is 1. The fraction of sp³-hybridized carbons (Fsp3) is 0.0909. The minimum atomic E-state index is -1.60. The van der Waals surface area contributed by atoms with Gasteiger partial charge in [-0.2, -0.15) is 0 Å². The highest BCUT2D eigenvalue weighted by Gasteiger charge is 2.25. The van der Waals surface area contributed by atoms with Crippen LogP contribution in [-0.2, 0) is 0 Å². The van der Waals surface area contributed by atoms with E-state index >= 15 is 0 Å². The third kappa shape index (κ3) is 1.80. The molecule has 2 aromatic rings. The SMILES string of the molecule is Cc1ccn(-c2c(F)c(F)c(Cl)c(F)c2F)c1. The lowest BCUT2D eigenvalue weighted by molar-refractivity contribution is 0.448. The summed E-state index contributed by atoms with van der Waals surface area (Å²) in [4.78, 5) is 0. The van der Waals surface area contributed by atoms with Gasteiger partial charge in [0.25, 0.3) is 0 Å². The Bertz CT molecular complexity index is 562. The van der Waals surface area contributed by atoms with E-state index in [0.29, 0.717) is 5.56 Å². The Hall–Kier alpha value is -1.49. The molecule has 0 unspecified atom stereocenters. The molecule has 1 nitrogen and oxygen atoms in total. The molecule has 0 amide bonds. The molecule has 2 rings (SSSR count). The molecular weight excluding hydrogens is 258 g/mol. The third-order valence-electron chi connectivity index (χ3n) is 2.29. The van der Waals surface area contributed by atoms with E-state index in [9.17, 15) is 17.6 Å². The van der Waals surface area contributed by atoms with Crippen molar-refractivity contribution in [2.24, 2.45) is 0 Å². The zero-order valence-electron chi connectivity index (χ0n) is 8.57. The van der Waals surface area contributed by atoms with E-state index in [0.717, 1.165) is 4.57 Å². The normalized spacial score (nSPS) is 10.9. The van der Waals surface area contributed by atoms with Crippen LogP contribution in [0.5, 0.6) is 0 Å². The van der Waals surface area contributed by atoms with Crippen LogP contribution in [0.15, 0.2) is 18.5 Å². The van der Waals surface area contributed by atoms with Crippen molar-refractivity contribution in [1.29, 1.82) is 0 Å². The molecule has 0 spiro atoms. The molecule has 17 heavy (non-hydrogen) atoms. The highest BCUT2D eigenvalue weighted by molar-refractivity contribution is 6.31. The number of rotatable bonds is 1. The van der Waals surface area contributed by atoms with E-state index in [-0.39, 0.29) is 0 Å². The van der Waals surface area contributed by atoms with Gasteiger partial charge in [0.2, 0.25) is 0 Å². The van der Waals surface area contributed by atoms with Gasteiger partial charge in [-0.15, -0.1) is 0 Å². The maximum Gasteiger partial charge on any atom is 0.187 e. The van der Waals surface area contributed by atoms with Crippen LogP contribution in [-0.4, -0.2) is 4.57 Å². The Morgan fingerprint density at radius 3 is 1.94 bits per heavy atom. The lowest BCUT2D eigenvalue weighted by Gasteiger charge is -2.09. The second-order valence-corrected chi connectivity index (χ2v) is 3.89. The molecule has 0 radical (unpaired) electrons. The van der Waals surface area contributed by atoms with Crippen molar-refractivity contribution in [2.75, 3.05) is 0 Å². The number of hydrogen-bond donors (Lipinski definition) is 0. The Morgan fingerprint density at radius 1 is 1.00 bits per heavy atom. The van der Waals surface area contributed by atoms with Crippen molar-refractivity contribution in [3.05, 3.63) is 52.3 Å². The predicted octanol–water partition coefficient (Wildman–Crippen LogP) is 4.00. The van der Waals surface area contributed by atoms with Crippen LogP contribution >= 0.6 is 11.6 Å². The van der Waals surface area contributed by atoms with Gasteiger partial charge in [-0.3, -0.25) is 0 Å². The summed E-state index contributed by atoms with van der Waals surface area (Å²) in [5.41, 5.74) is -0.128. The van der Waals surface area contributed by atoms with Gasteiger partial charge in [-0.05, 0) is 18.6 Å². The standard InChI is InChI=1S/C11H6ClF4N/c1-5-2-3-17(4-5)11-9(15)7(13)6(12)8(14)10(11)16/h2-4H,1H3. The maximum absolute atomic E-state index is 13.5. The van der Waals surface area contributed by atoms with Crippen LogP contribution in [0.4, 0.5) is 17.6 Å². The largest absolute Gasteiger partial charge is 0.318 e. The second kappa shape index (κ2) is 4.07. The molecule has 0 aliphatic rings. The maximum atomic E-state index is 13.5. The van der Waals surface area contributed by atoms with Gasteiger partial charge < -0.3 is 4.57 Å². The molecule has 0 saturated carbocycles. The van der Waals surface area contributed by atoms with Crippen LogP contribution in [0, 0.1) is 30.2 Å². The summed E-state index contributed by atoms with van der Waals surface area (Å²) in [5.74, 6) is -6.26. The monoisotopic (exact) mass is 263 g/mol. The molecule has 1 heterocycles. The lowest BCUT2D eigenvalue weighted by atomic mass is 10.2. The number of aromatic nitrogens is 1. The van der Waals surface area contributed by atoms with Crippen molar-refractivity contribution in [3.63, 3.8) is 0 Å². The lowest BCUT2D eigenvalue weighted by Crippen LogP contribution is -2.06. The minimum Gasteiger partial charge on any atom is -0.318 e. The highest BCUT2D eigenvalue weighted by Crippen LogP contribution is 2.30. The molecule has 0 bridgehead atoms. The van der Waals surface area contributed by atoms with Crippen molar-refractivity contribution in [1.82, 2.24) is 4.57 Å². The van der Waals surface area contributed by atoms with Crippen molar-refractivity contribution in [3.8, 4) is 5.69 Å². The van der Waals surface area contributed by atoms with Crippen molar-refractivity contribution >= 4 is 11.6 Å². The first-order valence-corrected chi connectivity index (χ1v) is 4.97. The third-order valence-corrected chi connectivity index (χ3v) is 2.62. The Labute approximate surface area is 99.2 Å². The van der Waals surface area contributed by atoms with Crippen LogP contribution in [0.2, 0.25) is 5.02 Å². The number of benzene rings is 1. The Kier molecular flexibility index (Phi) is 2.87. The molecule has 90 valence electrons. The molecule has 0 fully saturated rings. The van der Waals surface area contributed by atoms with Gasteiger partial charge >= 0.3 is 0 Å². The van der Waals surface area contributed by atoms with Gasteiger partial charge in [0.15, 0.2) is 23.3 Å². The Morgan fingerprint density at radius 2 is 1.53 bits per heavy atom. The predicted molar refractivity (Wildman–Crippen MR) is 55.3 cm³/mol. The fourth-order valence-corrected chi connectivity index (χ4v) is 1.63. The molecule has 0 aliphatic carbocycles. The van der Waals surface area contributed by atoms with Gasteiger partial charge in [-0.25, -0.2) is 17.6 Å². The van der Waals surface area contributed by atoms with Crippen LogP contribution < -0.4 is 0 Å². The van der Waals surface area contributed by atoms with Gasteiger partial charge in [0.05, 0.1) is 0 Å². The van der Waals surface area contributed by atoms with Crippen LogP contribution in [0.1, 0.15) is 5.56 Å². The van der Waals surface area contributed by atoms with E-state index in [4.69, 9.17) is 11.6 Å². The van der Waals surface area contributed by atoms with Gasteiger partial charge in [0, 0.05) is 12.4 Å². The molecule has 1 aromatic heterocycles. The van der Waals surface area contributed by atoms with E-state index in [1.807, 2.05) is 0 Å². The summed E-state index contributed by atoms with van der Waals surface area (Å²) in [6.45, 7) is 1.68. The first kappa shape index (κ1) is 12.0. The summed E-state index contributed by atoms with van der Waals surface area (Å²) in [7, 11) is 0. The van der Waals surface area contributed by atoms with E-state index in [1.165, 1.54) is 12.4 Å². The number of hydrogen-bond acceptors (Lipinski definition) is 0. The first-order valence-electron chi connectivity index (χ1n) is 4.60. The second-order valence-electron chi connectivity index (χ2n) is 3.51. The summed E-state index contributed by atoms with van der Waals surface area (Å²) >= 11 is 5.11. The molecule has 0 aliphatic heterocycles. The molecular formula is C11H6ClF4N. The Balaban J connectivity index is 2.78. The van der Waals surface area contributed by atoms with Crippen molar-refractivity contribution < 1.29 is 17.6 Å². The minimum absolute atomic E-state index is 0.694. The summed E-state index contributed by atoms with van der Waals surface area (Å²) in [6, 6.07) is 1.54. The first-order chi connectivity index (χ1) is 7.93. The average molecular weight is 264 g/mol. The van der Waals surface area contributed by atoms with E-state index in [1.54, 1.807) is 13.0 Å². The highest BCUT2D eigenvalue weighted by atomic mass is 35.5. The van der Waals surface area contributed by atoms with Gasteiger partial charge in [0.1, 0.15) is 10.7 Å². The van der Waals surface area contributed by atoms with Crippen LogP contribution in [0.25, 0.3) is 5.69 Å². The molecule has 1 aromatic carbocycles. The van der Waals surface area contributed by atoms with Crippen molar-refractivity contribution in [2.45, 2.75) is 6.92 Å². The topological polar surface area (TPSA) is 4.93 Å². The molecule has 0 N–H and O–H groups in total.